The van der Waals surface area contributed by atoms with Crippen LogP contribution in [-0.4, -0.2) is 34.5 Å². The second kappa shape index (κ2) is 8.67. The van der Waals surface area contributed by atoms with Crippen LogP contribution in [0.5, 0.6) is 0 Å². The molecular weight excluding hydrogens is 441 g/mol. The van der Waals surface area contributed by atoms with Gasteiger partial charge in [-0.1, -0.05) is 12.1 Å². The first-order chi connectivity index (χ1) is 15.1. The van der Waals surface area contributed by atoms with E-state index in [0.29, 0.717) is 22.6 Å². The summed E-state index contributed by atoms with van der Waals surface area (Å²) in [6.45, 7) is -0.0953. The average Bonchev–Trinajstić information content (AvgIpc) is 3.08. The zero-order valence-corrected chi connectivity index (χ0v) is 18.6. The Morgan fingerprint density at radius 1 is 1.22 bits per heavy atom. The van der Waals surface area contributed by atoms with E-state index in [1.54, 1.807) is 0 Å². The van der Waals surface area contributed by atoms with Crippen molar-refractivity contribution in [3.8, 4) is 0 Å². The normalized spacial score (nSPS) is 14.1. The van der Waals surface area contributed by atoms with Crippen molar-refractivity contribution >= 4 is 33.1 Å². The molecule has 170 valence electrons. The maximum absolute atomic E-state index is 13.4. The van der Waals surface area contributed by atoms with Gasteiger partial charge in [-0.15, -0.1) is 11.3 Å². The fourth-order valence-corrected chi connectivity index (χ4v) is 5.29. The van der Waals surface area contributed by atoms with Crippen LogP contribution < -0.4 is 10.9 Å². The minimum Gasteiger partial charge on any atom is -0.324 e. The fraction of sp³-hybridized carbons (Fsp3) is 0.409. The molecule has 2 aromatic heterocycles. The molecule has 4 rings (SSSR count). The van der Waals surface area contributed by atoms with E-state index in [1.807, 2.05) is 19.0 Å². The minimum absolute atomic E-state index is 0.314. The van der Waals surface area contributed by atoms with E-state index in [0.717, 1.165) is 42.2 Å². The van der Waals surface area contributed by atoms with Crippen molar-refractivity contribution in [1.82, 2.24) is 14.5 Å². The lowest BCUT2D eigenvalue weighted by molar-refractivity contribution is -0.137. The number of rotatable bonds is 5. The first kappa shape index (κ1) is 22.5. The number of hydrogen-bond acceptors (Lipinski definition) is 5. The number of nitrogens with one attached hydrogen (secondary N) is 1. The number of alkyl halides is 3. The van der Waals surface area contributed by atoms with Crippen molar-refractivity contribution in [2.45, 2.75) is 44.9 Å². The van der Waals surface area contributed by atoms with Crippen molar-refractivity contribution in [3.05, 3.63) is 56.4 Å². The maximum Gasteiger partial charge on any atom is 0.418 e. The Labute approximate surface area is 186 Å². The summed E-state index contributed by atoms with van der Waals surface area (Å²) in [5.74, 6) is -0.306. The molecule has 0 spiro atoms. The molecular formula is C22H23F3N4O2S. The van der Waals surface area contributed by atoms with Gasteiger partial charge in [-0.05, 0) is 57.5 Å². The summed E-state index contributed by atoms with van der Waals surface area (Å²) in [5, 5.41) is 2.86. The van der Waals surface area contributed by atoms with Crippen molar-refractivity contribution in [3.63, 3.8) is 0 Å². The Morgan fingerprint density at radius 3 is 2.66 bits per heavy atom. The highest BCUT2D eigenvalue weighted by atomic mass is 32.1. The molecule has 0 radical (unpaired) electrons. The van der Waals surface area contributed by atoms with Gasteiger partial charge >= 0.3 is 6.18 Å². The van der Waals surface area contributed by atoms with Gasteiger partial charge in [0.2, 0.25) is 5.91 Å². The van der Waals surface area contributed by atoms with Crippen LogP contribution in [0.4, 0.5) is 18.9 Å². The number of aryl methyl sites for hydroxylation is 2. The second-order valence-corrected chi connectivity index (χ2v) is 9.22. The molecule has 6 nitrogen and oxygen atoms in total. The first-order valence-electron chi connectivity index (χ1n) is 10.3. The van der Waals surface area contributed by atoms with Crippen molar-refractivity contribution in [2.75, 3.05) is 19.4 Å². The zero-order valence-electron chi connectivity index (χ0n) is 17.8. The lowest BCUT2D eigenvalue weighted by atomic mass is 9.97. The molecule has 1 N–H and O–H groups in total. The first-order valence-corrected chi connectivity index (χ1v) is 11.1. The van der Waals surface area contributed by atoms with Crippen LogP contribution in [0.15, 0.2) is 29.1 Å². The van der Waals surface area contributed by atoms with Crippen molar-refractivity contribution in [1.29, 1.82) is 0 Å². The summed E-state index contributed by atoms with van der Waals surface area (Å²) >= 11 is 1.52. The third-order valence-corrected chi connectivity index (χ3v) is 6.61. The predicted molar refractivity (Wildman–Crippen MR) is 118 cm³/mol. The van der Waals surface area contributed by atoms with Crippen LogP contribution in [0, 0.1) is 0 Å². The minimum atomic E-state index is -4.60. The summed E-state index contributed by atoms with van der Waals surface area (Å²) in [6, 6.07) is 4.78. The molecule has 0 saturated heterocycles. The number of carbonyl (C=O) groups is 1. The Kier molecular flexibility index (Phi) is 6.09. The van der Waals surface area contributed by atoms with Gasteiger partial charge in [-0.3, -0.25) is 14.2 Å². The van der Waals surface area contributed by atoms with Crippen LogP contribution in [0.1, 0.15) is 34.7 Å². The summed E-state index contributed by atoms with van der Waals surface area (Å²) < 4.78 is 41.1. The molecule has 2 heterocycles. The molecule has 10 heteroatoms. The number of para-hydroxylation sites is 1. The van der Waals surface area contributed by atoms with E-state index >= 15 is 0 Å². The molecule has 32 heavy (non-hydrogen) atoms. The average molecular weight is 465 g/mol. The summed E-state index contributed by atoms with van der Waals surface area (Å²) in [7, 11) is 3.64. The van der Waals surface area contributed by atoms with Crippen LogP contribution in [0.2, 0.25) is 0 Å². The molecule has 0 saturated carbocycles. The van der Waals surface area contributed by atoms with Crippen LogP contribution in [-0.2, 0) is 36.9 Å². The van der Waals surface area contributed by atoms with E-state index in [4.69, 9.17) is 0 Å². The Hall–Kier alpha value is -2.72. The molecule has 0 bridgehead atoms. The van der Waals surface area contributed by atoms with E-state index in [-0.39, 0.29) is 11.2 Å². The van der Waals surface area contributed by atoms with Crippen LogP contribution in [0.3, 0.4) is 0 Å². The predicted octanol–water partition coefficient (Wildman–Crippen LogP) is 4.06. The molecule has 1 aliphatic carbocycles. The topological polar surface area (TPSA) is 67.2 Å². The van der Waals surface area contributed by atoms with Gasteiger partial charge in [-0.2, -0.15) is 13.2 Å². The van der Waals surface area contributed by atoms with Gasteiger partial charge in [0.1, 0.15) is 17.2 Å². The lowest BCUT2D eigenvalue weighted by Gasteiger charge is -2.17. The molecule has 3 aromatic rings. The number of hydrogen-bond donors (Lipinski definition) is 1. The smallest absolute Gasteiger partial charge is 0.324 e. The molecule has 1 aromatic carbocycles. The molecule has 0 unspecified atom stereocenters. The Morgan fingerprint density at radius 2 is 1.94 bits per heavy atom. The molecule has 1 amide bonds. The highest BCUT2D eigenvalue weighted by molar-refractivity contribution is 7.18. The van der Waals surface area contributed by atoms with Crippen molar-refractivity contribution in [2.24, 2.45) is 0 Å². The van der Waals surface area contributed by atoms with E-state index in [1.165, 1.54) is 34.1 Å². The van der Waals surface area contributed by atoms with Crippen LogP contribution >= 0.6 is 11.3 Å². The number of carbonyl (C=O) groups excluding carboxylic acids is 1. The number of nitrogens with zero attached hydrogens (tertiary/aromatic N) is 3. The van der Waals surface area contributed by atoms with E-state index in [2.05, 4.69) is 10.3 Å². The Balaban J connectivity index is 1.73. The van der Waals surface area contributed by atoms with Gasteiger partial charge in [0.25, 0.3) is 5.56 Å². The largest absolute Gasteiger partial charge is 0.418 e. The van der Waals surface area contributed by atoms with E-state index in [9.17, 15) is 22.8 Å². The van der Waals surface area contributed by atoms with E-state index < -0.39 is 24.2 Å². The molecule has 0 fully saturated rings. The standard InChI is InChI=1S/C22H23F3N4O2S/c1-28(2)11-17-27-20-19(13-7-3-6-10-16(13)32-20)21(31)29(17)12-18(30)26-15-9-5-4-8-14(15)22(23,24)25/h4-5,8-9H,3,6-7,10-12H2,1-2H3,(H,26,30). The summed E-state index contributed by atoms with van der Waals surface area (Å²) in [4.78, 5) is 34.5. The molecule has 1 aliphatic rings. The van der Waals surface area contributed by atoms with Gasteiger partial charge < -0.3 is 10.2 Å². The molecule has 0 aliphatic heterocycles. The van der Waals surface area contributed by atoms with Gasteiger partial charge in [0.15, 0.2) is 0 Å². The monoisotopic (exact) mass is 464 g/mol. The third kappa shape index (κ3) is 4.42. The summed E-state index contributed by atoms with van der Waals surface area (Å²) in [6.07, 6.45) is -0.836. The number of anilines is 1. The highest BCUT2D eigenvalue weighted by Crippen LogP contribution is 2.35. The maximum atomic E-state index is 13.4. The second-order valence-electron chi connectivity index (χ2n) is 8.14. The number of fused-ring (bicyclic) bond motifs is 3. The number of halogens is 3. The Bertz CT molecular complexity index is 1230. The zero-order chi connectivity index (χ0) is 23.0. The highest BCUT2D eigenvalue weighted by Gasteiger charge is 2.33. The van der Waals surface area contributed by atoms with Crippen LogP contribution in [0.25, 0.3) is 10.2 Å². The summed E-state index contributed by atoms with van der Waals surface area (Å²) in [5.41, 5.74) is -0.587. The van der Waals surface area contributed by atoms with Gasteiger partial charge in [0.05, 0.1) is 23.2 Å². The third-order valence-electron chi connectivity index (χ3n) is 5.42. The lowest BCUT2D eigenvalue weighted by Crippen LogP contribution is -2.33. The fourth-order valence-electron chi connectivity index (χ4n) is 4.02. The van der Waals surface area contributed by atoms with Crippen molar-refractivity contribution < 1.29 is 18.0 Å². The SMILES string of the molecule is CN(C)Cc1nc2sc3c(c2c(=O)n1CC(=O)Nc1ccccc1C(F)(F)F)CCCC3. The number of benzene rings is 1. The van der Waals surface area contributed by atoms with Gasteiger partial charge in [-0.25, -0.2) is 4.98 Å². The van der Waals surface area contributed by atoms with Gasteiger partial charge in [0, 0.05) is 4.88 Å². The quantitative estimate of drug-likeness (QED) is 0.619. The number of aromatic nitrogens is 2. The molecule has 0 atom stereocenters. The number of amides is 1. The number of thiophene rings is 1.